The highest BCUT2D eigenvalue weighted by Gasteiger charge is 2.28. The van der Waals surface area contributed by atoms with E-state index in [1.807, 2.05) is 0 Å². The van der Waals surface area contributed by atoms with Crippen LogP contribution in [0.5, 0.6) is 0 Å². The highest BCUT2D eigenvalue weighted by atomic mass is 31.2. The van der Waals surface area contributed by atoms with Gasteiger partial charge in [0.05, 0.1) is 37.9 Å². The summed E-state index contributed by atoms with van der Waals surface area (Å²) in [5.74, 6) is -0.415. The summed E-state index contributed by atoms with van der Waals surface area (Å²) in [6, 6.07) is -0.896. The average Bonchev–Trinajstić information content (AvgIpc) is 3.17. The molecule has 0 aliphatic heterocycles. The van der Waals surface area contributed by atoms with Crippen LogP contribution < -0.4 is 11.1 Å². The van der Waals surface area contributed by atoms with Crippen molar-refractivity contribution in [2.75, 3.05) is 19.8 Å². The van der Waals surface area contributed by atoms with Gasteiger partial charge in [0, 0.05) is 6.54 Å². The molecule has 0 rings (SSSR count). The van der Waals surface area contributed by atoms with Crippen molar-refractivity contribution in [1.82, 2.24) is 5.32 Å². The normalized spacial score (nSPS) is 14.6. The van der Waals surface area contributed by atoms with Gasteiger partial charge >= 0.3 is 7.82 Å². The van der Waals surface area contributed by atoms with E-state index in [2.05, 4.69) is 31.3 Å². The van der Waals surface area contributed by atoms with Crippen molar-refractivity contribution in [2.45, 2.75) is 257 Å². The summed E-state index contributed by atoms with van der Waals surface area (Å²) in [7, 11) is -4.38. The lowest BCUT2D eigenvalue weighted by Gasteiger charge is -2.25. The summed E-state index contributed by atoms with van der Waals surface area (Å²) >= 11 is 0. The van der Waals surface area contributed by atoms with Gasteiger partial charge in [-0.1, -0.05) is 206 Å². The van der Waals surface area contributed by atoms with Crippen LogP contribution in [0.3, 0.4) is 0 Å². The van der Waals surface area contributed by atoms with Gasteiger partial charge in [-0.05, 0) is 38.5 Å². The predicted octanol–water partition coefficient (Wildman–Crippen LogP) is 12.5. The van der Waals surface area contributed by atoms with Gasteiger partial charge in [0.2, 0.25) is 5.91 Å². The van der Waals surface area contributed by atoms with Gasteiger partial charge in [0.25, 0.3) is 0 Å². The Labute approximate surface area is 346 Å². The van der Waals surface area contributed by atoms with E-state index in [0.717, 1.165) is 44.9 Å². The highest BCUT2D eigenvalue weighted by Crippen LogP contribution is 2.43. The van der Waals surface area contributed by atoms with E-state index in [9.17, 15) is 24.5 Å². The van der Waals surface area contributed by atoms with E-state index < -0.39 is 32.0 Å². The summed E-state index contributed by atoms with van der Waals surface area (Å²) in [5, 5.41) is 24.2. The zero-order valence-electron chi connectivity index (χ0n) is 36.8. The van der Waals surface area contributed by atoms with E-state index >= 15 is 0 Å². The minimum Gasteiger partial charge on any atom is -0.393 e. The maximum absolute atomic E-state index is 12.9. The molecule has 334 valence electrons. The second-order valence-corrected chi connectivity index (χ2v) is 18.0. The number of unbranched alkanes of at least 4 members (excludes halogenated alkanes) is 29. The summed E-state index contributed by atoms with van der Waals surface area (Å²) in [5.41, 5.74) is 5.38. The molecule has 0 aliphatic rings. The fraction of sp³-hybridized carbons (Fsp3) is 0.935. The molecule has 0 aromatic carbocycles. The summed E-state index contributed by atoms with van der Waals surface area (Å²) in [6.07, 6.45) is 44.0. The van der Waals surface area contributed by atoms with Crippen LogP contribution in [0, 0.1) is 0 Å². The molecule has 0 saturated heterocycles. The number of phosphoric ester groups is 1. The van der Waals surface area contributed by atoms with Gasteiger partial charge in [-0.25, -0.2) is 4.57 Å². The number of rotatable bonds is 45. The third kappa shape index (κ3) is 40.0. The van der Waals surface area contributed by atoms with Crippen molar-refractivity contribution in [1.29, 1.82) is 0 Å². The number of nitrogens with two attached hydrogens (primary N) is 1. The average molecular weight is 817 g/mol. The van der Waals surface area contributed by atoms with Crippen molar-refractivity contribution in [2.24, 2.45) is 5.73 Å². The lowest BCUT2D eigenvalue weighted by Crippen LogP contribution is -2.47. The Bertz CT molecular complexity index is 909. The van der Waals surface area contributed by atoms with Gasteiger partial charge in [-0.2, -0.15) is 0 Å². The standard InChI is InChI=1S/C46H93N2O7P/c1-3-5-7-9-11-13-15-17-19-20-21-22-23-24-25-27-29-31-33-35-37-43(49)41-46(51)48-44(42-55-56(52,53)54-40-39-47)45(50)38-36-34-32-30-28-26-18-16-14-12-10-8-6-4-2/h23-24,43-45,49-50H,3-22,25-42,47H2,1-2H3,(H,48,51)(H,52,53)/b24-23-. The molecule has 9 nitrogen and oxygen atoms in total. The van der Waals surface area contributed by atoms with E-state index in [0.29, 0.717) is 12.8 Å². The van der Waals surface area contributed by atoms with Crippen molar-refractivity contribution < 1.29 is 33.5 Å². The number of aliphatic hydroxyl groups is 2. The maximum atomic E-state index is 12.9. The smallest absolute Gasteiger partial charge is 0.393 e. The fourth-order valence-corrected chi connectivity index (χ4v) is 8.05. The Morgan fingerprint density at radius 2 is 0.964 bits per heavy atom. The van der Waals surface area contributed by atoms with Crippen LogP contribution in [0.4, 0.5) is 0 Å². The SMILES string of the molecule is CCCCCCCCCCCCC/C=C\CCCCCCCC(O)CC(=O)NC(COP(=O)(O)OCCN)C(O)CCCCCCCCCCCCCCCC. The van der Waals surface area contributed by atoms with Crippen molar-refractivity contribution in [3.8, 4) is 0 Å². The Morgan fingerprint density at radius 3 is 1.38 bits per heavy atom. The van der Waals surface area contributed by atoms with E-state index in [-0.39, 0.29) is 26.2 Å². The largest absolute Gasteiger partial charge is 0.472 e. The molecule has 6 N–H and O–H groups in total. The third-order valence-electron chi connectivity index (χ3n) is 10.9. The highest BCUT2D eigenvalue weighted by molar-refractivity contribution is 7.47. The van der Waals surface area contributed by atoms with E-state index in [1.54, 1.807) is 0 Å². The Kier molecular flexibility index (Phi) is 41.7. The molecule has 0 fully saturated rings. The Balaban J connectivity index is 4.17. The lowest BCUT2D eigenvalue weighted by molar-refractivity contribution is -0.125. The Hall–Kier alpha value is -0.800. The van der Waals surface area contributed by atoms with Crippen LogP contribution in [0.15, 0.2) is 12.2 Å². The molecule has 0 heterocycles. The molecule has 0 aromatic heterocycles. The number of hydrogen-bond acceptors (Lipinski definition) is 7. The van der Waals surface area contributed by atoms with Gasteiger partial charge in [-0.15, -0.1) is 0 Å². The van der Waals surface area contributed by atoms with Crippen LogP contribution in [-0.2, 0) is 18.4 Å². The topological polar surface area (TPSA) is 151 Å². The molecule has 4 atom stereocenters. The minimum atomic E-state index is -4.38. The van der Waals surface area contributed by atoms with Crippen molar-refractivity contribution in [3.63, 3.8) is 0 Å². The molecule has 0 saturated carbocycles. The number of amides is 1. The van der Waals surface area contributed by atoms with E-state index in [1.165, 1.54) is 161 Å². The van der Waals surface area contributed by atoms with Gasteiger partial charge < -0.3 is 26.2 Å². The molecule has 1 amide bonds. The molecule has 4 unspecified atom stereocenters. The first-order valence-electron chi connectivity index (χ1n) is 23.9. The monoisotopic (exact) mass is 817 g/mol. The maximum Gasteiger partial charge on any atom is 0.472 e. The lowest BCUT2D eigenvalue weighted by atomic mass is 10.0. The van der Waals surface area contributed by atoms with Crippen molar-refractivity contribution >= 4 is 13.7 Å². The van der Waals surface area contributed by atoms with Crippen LogP contribution in [-0.4, -0.2) is 59.0 Å². The summed E-state index contributed by atoms with van der Waals surface area (Å²) in [6.45, 7) is 4.06. The molecule has 0 aliphatic carbocycles. The van der Waals surface area contributed by atoms with Crippen LogP contribution >= 0.6 is 7.82 Å². The number of phosphoric acid groups is 1. The number of hydrogen-bond donors (Lipinski definition) is 5. The fourth-order valence-electron chi connectivity index (χ4n) is 7.29. The molecule has 56 heavy (non-hydrogen) atoms. The third-order valence-corrected chi connectivity index (χ3v) is 11.9. The molecular weight excluding hydrogens is 723 g/mol. The van der Waals surface area contributed by atoms with Crippen LogP contribution in [0.25, 0.3) is 0 Å². The molecule has 0 bridgehead atoms. The number of carbonyl (C=O) groups excluding carboxylic acids is 1. The second kappa shape index (κ2) is 42.3. The zero-order valence-corrected chi connectivity index (χ0v) is 37.7. The second-order valence-electron chi connectivity index (χ2n) is 16.5. The number of carbonyl (C=O) groups is 1. The molecular formula is C46H93N2O7P. The van der Waals surface area contributed by atoms with Gasteiger partial charge in [-0.3, -0.25) is 13.8 Å². The van der Waals surface area contributed by atoms with Gasteiger partial charge in [0.1, 0.15) is 0 Å². The van der Waals surface area contributed by atoms with Gasteiger partial charge in [0.15, 0.2) is 0 Å². The Morgan fingerprint density at radius 1 is 0.589 bits per heavy atom. The molecule has 0 spiro atoms. The van der Waals surface area contributed by atoms with Crippen LogP contribution in [0.1, 0.15) is 239 Å². The first-order chi connectivity index (χ1) is 27.3. The molecule has 0 radical (unpaired) electrons. The van der Waals surface area contributed by atoms with Crippen molar-refractivity contribution in [3.05, 3.63) is 12.2 Å². The summed E-state index contributed by atoms with van der Waals surface area (Å²) in [4.78, 5) is 22.8. The molecule has 10 heteroatoms. The predicted molar refractivity (Wildman–Crippen MR) is 237 cm³/mol. The molecule has 0 aromatic rings. The number of aliphatic hydroxyl groups excluding tert-OH is 2. The number of nitrogens with one attached hydrogen (secondary N) is 1. The zero-order chi connectivity index (χ0) is 41.2. The van der Waals surface area contributed by atoms with E-state index in [4.69, 9.17) is 14.8 Å². The first-order valence-corrected chi connectivity index (χ1v) is 25.4. The quantitative estimate of drug-likeness (QED) is 0.0231. The van der Waals surface area contributed by atoms with Crippen LogP contribution in [0.2, 0.25) is 0 Å². The summed E-state index contributed by atoms with van der Waals surface area (Å²) < 4.78 is 22.2. The first kappa shape index (κ1) is 55.2. The minimum absolute atomic E-state index is 0.0601. The number of allylic oxidation sites excluding steroid dienone is 2.